The molecule has 1 saturated heterocycles. The molecule has 1 unspecified atom stereocenters. The van der Waals surface area contributed by atoms with Gasteiger partial charge in [-0.2, -0.15) is 0 Å². The fraction of sp³-hybridized carbons (Fsp3) is 0.385. The van der Waals surface area contributed by atoms with Gasteiger partial charge in [-0.1, -0.05) is 6.07 Å². The van der Waals surface area contributed by atoms with Crippen LogP contribution in [0.1, 0.15) is 12.1 Å². The summed E-state index contributed by atoms with van der Waals surface area (Å²) in [5, 5.41) is 4.50. The average molecular weight is 216 g/mol. The number of aryl methyl sites for hydroxylation is 1. The molecule has 1 aromatic heterocycles. The largest absolute Gasteiger partial charge is 0.488 e. The maximum absolute atomic E-state index is 6.02. The van der Waals surface area contributed by atoms with Gasteiger partial charge in [0.2, 0.25) is 0 Å². The van der Waals surface area contributed by atoms with Gasteiger partial charge in [0.1, 0.15) is 11.9 Å². The van der Waals surface area contributed by atoms with E-state index < -0.39 is 0 Å². The van der Waals surface area contributed by atoms with E-state index in [1.807, 2.05) is 12.1 Å². The van der Waals surface area contributed by atoms with Gasteiger partial charge >= 0.3 is 0 Å². The van der Waals surface area contributed by atoms with E-state index in [1.165, 1.54) is 11.1 Å². The van der Waals surface area contributed by atoms with Gasteiger partial charge in [-0.15, -0.1) is 0 Å². The quantitative estimate of drug-likeness (QED) is 0.807. The van der Waals surface area contributed by atoms with Crippen LogP contribution in [-0.4, -0.2) is 24.2 Å². The Bertz CT molecular complexity index is 498. The minimum absolute atomic E-state index is 0.320. The Hall–Kier alpha value is -1.48. The highest BCUT2D eigenvalue weighted by atomic mass is 16.5. The lowest BCUT2D eigenvalue weighted by molar-refractivity contribution is 0.226. The summed E-state index contributed by atoms with van der Waals surface area (Å²) in [5.74, 6) is 0.996. The lowest BCUT2D eigenvalue weighted by atomic mass is 10.2. The molecule has 3 rings (SSSR count). The summed E-state index contributed by atoms with van der Waals surface area (Å²) in [6.07, 6.45) is 1.42. The highest BCUT2D eigenvalue weighted by Gasteiger charge is 2.17. The van der Waals surface area contributed by atoms with Gasteiger partial charge in [-0.25, -0.2) is 0 Å². The van der Waals surface area contributed by atoms with Crippen LogP contribution < -0.4 is 10.1 Å². The standard InChI is InChI=1S/C13H16N2O/c1-9-7-11-12(15-9)3-2-4-13(11)16-10-5-6-14-8-10/h2-4,7,10,14-15H,5-6,8H2,1H3. The number of fused-ring (bicyclic) bond motifs is 1. The van der Waals surface area contributed by atoms with Gasteiger partial charge in [0, 0.05) is 23.1 Å². The normalized spacial score (nSPS) is 20.4. The van der Waals surface area contributed by atoms with Gasteiger partial charge < -0.3 is 15.0 Å². The lowest BCUT2D eigenvalue weighted by Gasteiger charge is -2.13. The average Bonchev–Trinajstić information content (AvgIpc) is 2.86. The predicted octanol–water partition coefficient (Wildman–Crippen LogP) is 2.22. The molecule has 2 N–H and O–H groups in total. The van der Waals surface area contributed by atoms with Gasteiger partial charge in [0.05, 0.1) is 0 Å². The molecule has 16 heavy (non-hydrogen) atoms. The summed E-state index contributed by atoms with van der Waals surface area (Å²) in [6, 6.07) is 8.32. The summed E-state index contributed by atoms with van der Waals surface area (Å²) in [7, 11) is 0. The van der Waals surface area contributed by atoms with Gasteiger partial charge in [-0.05, 0) is 38.1 Å². The SMILES string of the molecule is Cc1cc2c(OC3CCNC3)cccc2[nH]1. The number of hydrogen-bond acceptors (Lipinski definition) is 2. The van der Waals surface area contributed by atoms with Crippen molar-refractivity contribution in [1.29, 1.82) is 0 Å². The number of ether oxygens (including phenoxy) is 1. The number of hydrogen-bond donors (Lipinski definition) is 2. The zero-order chi connectivity index (χ0) is 11.0. The molecule has 0 amide bonds. The van der Waals surface area contributed by atoms with Crippen molar-refractivity contribution in [1.82, 2.24) is 10.3 Å². The molecule has 1 aliphatic heterocycles. The van der Waals surface area contributed by atoms with E-state index in [1.54, 1.807) is 0 Å². The van der Waals surface area contributed by atoms with E-state index in [-0.39, 0.29) is 0 Å². The molecular formula is C13H16N2O. The topological polar surface area (TPSA) is 37.0 Å². The molecule has 0 radical (unpaired) electrons. The van der Waals surface area contributed by atoms with Crippen LogP contribution in [0.3, 0.4) is 0 Å². The molecule has 0 bridgehead atoms. The van der Waals surface area contributed by atoms with Crippen molar-refractivity contribution < 1.29 is 4.74 Å². The third-order valence-electron chi connectivity index (χ3n) is 3.07. The molecule has 1 atom stereocenters. The summed E-state index contributed by atoms with van der Waals surface area (Å²) < 4.78 is 6.02. The van der Waals surface area contributed by atoms with Gasteiger partial charge in [-0.3, -0.25) is 0 Å². The predicted molar refractivity (Wildman–Crippen MR) is 64.9 cm³/mol. The molecular weight excluding hydrogens is 200 g/mol. The van der Waals surface area contributed by atoms with Crippen molar-refractivity contribution in [2.75, 3.05) is 13.1 Å². The van der Waals surface area contributed by atoms with Crippen molar-refractivity contribution in [2.24, 2.45) is 0 Å². The van der Waals surface area contributed by atoms with E-state index in [0.717, 1.165) is 30.8 Å². The van der Waals surface area contributed by atoms with E-state index in [0.29, 0.717) is 6.10 Å². The van der Waals surface area contributed by atoms with Crippen molar-refractivity contribution >= 4 is 10.9 Å². The molecule has 0 saturated carbocycles. The molecule has 2 aromatic rings. The molecule has 0 aliphatic carbocycles. The lowest BCUT2D eigenvalue weighted by Crippen LogP contribution is -2.19. The third kappa shape index (κ3) is 1.67. The van der Waals surface area contributed by atoms with Gasteiger partial charge in [0.25, 0.3) is 0 Å². The second-order valence-electron chi connectivity index (χ2n) is 4.40. The Morgan fingerprint density at radius 1 is 1.38 bits per heavy atom. The first kappa shape index (κ1) is 9.73. The van der Waals surface area contributed by atoms with Crippen LogP contribution in [0.5, 0.6) is 5.75 Å². The Morgan fingerprint density at radius 2 is 2.31 bits per heavy atom. The fourth-order valence-electron chi connectivity index (χ4n) is 2.28. The zero-order valence-electron chi connectivity index (χ0n) is 9.42. The number of aromatic amines is 1. The highest BCUT2D eigenvalue weighted by molar-refractivity contribution is 5.86. The summed E-state index contributed by atoms with van der Waals surface area (Å²) in [6.45, 7) is 4.09. The van der Waals surface area contributed by atoms with Crippen LogP contribution in [0.4, 0.5) is 0 Å². The Labute approximate surface area is 94.8 Å². The molecule has 0 spiro atoms. The third-order valence-corrected chi connectivity index (χ3v) is 3.07. The molecule has 3 nitrogen and oxygen atoms in total. The van der Waals surface area contributed by atoms with Crippen LogP contribution in [-0.2, 0) is 0 Å². The maximum atomic E-state index is 6.02. The van der Waals surface area contributed by atoms with Crippen LogP contribution >= 0.6 is 0 Å². The summed E-state index contributed by atoms with van der Waals surface area (Å²) >= 11 is 0. The van der Waals surface area contributed by atoms with Crippen molar-refractivity contribution in [3.63, 3.8) is 0 Å². The van der Waals surface area contributed by atoms with Gasteiger partial charge in [0.15, 0.2) is 0 Å². The first-order valence-electron chi connectivity index (χ1n) is 5.78. The fourth-order valence-corrected chi connectivity index (χ4v) is 2.28. The number of rotatable bonds is 2. The van der Waals surface area contributed by atoms with E-state index in [2.05, 4.69) is 29.4 Å². The highest BCUT2D eigenvalue weighted by Crippen LogP contribution is 2.27. The minimum atomic E-state index is 0.320. The molecule has 1 aromatic carbocycles. The van der Waals surface area contributed by atoms with E-state index in [9.17, 15) is 0 Å². The van der Waals surface area contributed by atoms with E-state index >= 15 is 0 Å². The summed E-state index contributed by atoms with van der Waals surface area (Å²) in [5.41, 5.74) is 2.33. The minimum Gasteiger partial charge on any atom is -0.488 e. The molecule has 84 valence electrons. The molecule has 1 fully saturated rings. The van der Waals surface area contributed by atoms with Crippen LogP contribution in [0.15, 0.2) is 24.3 Å². The zero-order valence-corrected chi connectivity index (χ0v) is 9.42. The number of aromatic nitrogens is 1. The number of benzene rings is 1. The van der Waals surface area contributed by atoms with Crippen molar-refractivity contribution in [3.8, 4) is 5.75 Å². The Kier molecular flexibility index (Phi) is 2.33. The second kappa shape index (κ2) is 3.83. The van der Waals surface area contributed by atoms with E-state index in [4.69, 9.17) is 4.74 Å². The van der Waals surface area contributed by atoms with Crippen molar-refractivity contribution in [2.45, 2.75) is 19.4 Å². The Morgan fingerprint density at radius 3 is 3.12 bits per heavy atom. The number of H-pyrrole nitrogens is 1. The first-order valence-corrected chi connectivity index (χ1v) is 5.78. The Balaban J connectivity index is 1.95. The van der Waals surface area contributed by atoms with Crippen molar-refractivity contribution in [3.05, 3.63) is 30.0 Å². The maximum Gasteiger partial charge on any atom is 0.129 e. The van der Waals surface area contributed by atoms with Crippen LogP contribution in [0.2, 0.25) is 0 Å². The first-order chi connectivity index (χ1) is 7.83. The molecule has 3 heteroatoms. The number of nitrogens with one attached hydrogen (secondary N) is 2. The molecule has 1 aliphatic rings. The smallest absolute Gasteiger partial charge is 0.129 e. The van der Waals surface area contributed by atoms with Crippen LogP contribution in [0.25, 0.3) is 10.9 Å². The van der Waals surface area contributed by atoms with Crippen LogP contribution in [0, 0.1) is 6.92 Å². The second-order valence-corrected chi connectivity index (χ2v) is 4.40. The monoisotopic (exact) mass is 216 g/mol. The summed E-state index contributed by atoms with van der Waals surface area (Å²) in [4.78, 5) is 3.33. The molecule has 2 heterocycles.